The van der Waals surface area contributed by atoms with Crippen molar-refractivity contribution in [3.05, 3.63) is 130 Å². The first kappa shape index (κ1) is 18.2. The van der Waals surface area contributed by atoms with Crippen LogP contribution in [0.5, 0.6) is 0 Å². The number of rotatable bonds is 0. The number of benzene rings is 4. The van der Waals surface area contributed by atoms with Crippen molar-refractivity contribution in [3.63, 3.8) is 0 Å². The van der Waals surface area contributed by atoms with E-state index >= 15 is 0 Å². The first-order valence-corrected chi connectivity index (χ1v) is 12.6. The zero-order valence-electron chi connectivity index (χ0n) is 19.3. The van der Waals surface area contributed by atoms with Crippen LogP contribution in [0.25, 0.3) is 22.3 Å². The summed E-state index contributed by atoms with van der Waals surface area (Å²) in [4.78, 5) is 7.43. The molecule has 1 aromatic heterocycles. The van der Waals surface area contributed by atoms with Gasteiger partial charge in [0, 0.05) is 19.0 Å². The number of fused-ring (bicyclic) bond motifs is 12. The Morgan fingerprint density at radius 1 is 0.543 bits per heavy atom. The van der Waals surface area contributed by atoms with Crippen LogP contribution in [-0.4, -0.2) is 4.98 Å². The molecule has 2 aliphatic carbocycles. The predicted molar refractivity (Wildman–Crippen MR) is 141 cm³/mol. The SMILES string of the molecule is c1ccc2c(c1)Cc1ccc3c(c1-2)Cc1cc2c(c4c1N3c1cccnc1C4)-c1ccccc1C2. The molecule has 4 aromatic carbocycles. The Morgan fingerprint density at radius 3 is 2.11 bits per heavy atom. The summed E-state index contributed by atoms with van der Waals surface area (Å²) in [7, 11) is 0. The average molecular weight is 447 g/mol. The minimum atomic E-state index is 0.898. The number of aromatic nitrogens is 1. The molecule has 9 rings (SSSR count). The maximum absolute atomic E-state index is 4.89. The highest BCUT2D eigenvalue weighted by Crippen LogP contribution is 2.57. The molecule has 35 heavy (non-hydrogen) atoms. The smallest absolute Gasteiger partial charge is 0.0688 e. The number of anilines is 3. The Kier molecular flexibility index (Phi) is 3.27. The lowest BCUT2D eigenvalue weighted by Gasteiger charge is -2.40. The Bertz CT molecular complexity index is 1760. The summed E-state index contributed by atoms with van der Waals surface area (Å²) in [5.41, 5.74) is 21.1. The third-order valence-electron chi connectivity index (χ3n) is 8.55. The van der Waals surface area contributed by atoms with E-state index in [1.165, 1.54) is 84.0 Å². The molecule has 3 heterocycles. The summed E-state index contributed by atoms with van der Waals surface area (Å²) < 4.78 is 0. The van der Waals surface area contributed by atoms with Gasteiger partial charge in [-0.15, -0.1) is 0 Å². The summed E-state index contributed by atoms with van der Waals surface area (Å²) in [6.07, 6.45) is 5.91. The summed E-state index contributed by atoms with van der Waals surface area (Å²) in [5.74, 6) is 0. The molecule has 0 saturated heterocycles. The van der Waals surface area contributed by atoms with E-state index in [1.807, 2.05) is 6.20 Å². The average Bonchev–Trinajstić information content (AvgIpc) is 3.46. The number of pyridine rings is 1. The van der Waals surface area contributed by atoms with Gasteiger partial charge >= 0.3 is 0 Å². The molecular weight excluding hydrogens is 424 g/mol. The Morgan fingerprint density at radius 2 is 1.29 bits per heavy atom. The van der Waals surface area contributed by atoms with Crippen LogP contribution >= 0.6 is 0 Å². The van der Waals surface area contributed by atoms with E-state index in [1.54, 1.807) is 0 Å². The molecular formula is C33H22N2. The third kappa shape index (κ3) is 2.23. The van der Waals surface area contributed by atoms with Gasteiger partial charge in [-0.1, -0.05) is 60.7 Å². The largest absolute Gasteiger partial charge is 0.308 e. The van der Waals surface area contributed by atoms with Gasteiger partial charge in [-0.05, 0) is 92.2 Å². The molecule has 164 valence electrons. The highest BCUT2D eigenvalue weighted by molar-refractivity contribution is 5.98. The molecule has 0 saturated carbocycles. The number of hydrogen-bond donors (Lipinski definition) is 0. The lowest BCUT2D eigenvalue weighted by molar-refractivity contribution is 0.969. The maximum Gasteiger partial charge on any atom is 0.0688 e. The second-order valence-corrected chi connectivity index (χ2v) is 10.3. The molecule has 2 aliphatic heterocycles. The van der Waals surface area contributed by atoms with E-state index in [9.17, 15) is 0 Å². The van der Waals surface area contributed by atoms with E-state index in [0.29, 0.717) is 0 Å². The first-order valence-electron chi connectivity index (χ1n) is 12.6. The number of nitrogens with zero attached hydrogens (tertiary/aromatic N) is 2. The van der Waals surface area contributed by atoms with Gasteiger partial charge in [-0.2, -0.15) is 0 Å². The van der Waals surface area contributed by atoms with Crippen molar-refractivity contribution in [1.29, 1.82) is 0 Å². The normalized spacial score (nSPS) is 14.9. The maximum atomic E-state index is 4.89. The van der Waals surface area contributed by atoms with Crippen LogP contribution in [0.2, 0.25) is 0 Å². The van der Waals surface area contributed by atoms with Crippen molar-refractivity contribution in [2.24, 2.45) is 0 Å². The van der Waals surface area contributed by atoms with Gasteiger partial charge in [0.2, 0.25) is 0 Å². The van der Waals surface area contributed by atoms with Crippen molar-refractivity contribution in [1.82, 2.24) is 4.98 Å². The van der Waals surface area contributed by atoms with Crippen molar-refractivity contribution in [2.45, 2.75) is 25.7 Å². The molecule has 0 bridgehead atoms. The minimum absolute atomic E-state index is 0.898. The second-order valence-electron chi connectivity index (χ2n) is 10.3. The van der Waals surface area contributed by atoms with Crippen LogP contribution < -0.4 is 4.90 Å². The van der Waals surface area contributed by atoms with Crippen molar-refractivity contribution in [2.75, 3.05) is 4.90 Å². The zero-order valence-corrected chi connectivity index (χ0v) is 19.3. The highest BCUT2D eigenvalue weighted by atomic mass is 15.2. The molecule has 0 N–H and O–H groups in total. The van der Waals surface area contributed by atoms with Gasteiger partial charge in [-0.25, -0.2) is 0 Å². The molecule has 5 aromatic rings. The van der Waals surface area contributed by atoms with Crippen LogP contribution in [0.15, 0.2) is 85.1 Å². The topological polar surface area (TPSA) is 16.1 Å². The van der Waals surface area contributed by atoms with E-state index in [-0.39, 0.29) is 0 Å². The van der Waals surface area contributed by atoms with Crippen molar-refractivity contribution >= 4 is 17.1 Å². The molecule has 0 unspecified atom stereocenters. The molecule has 0 spiro atoms. The molecule has 0 radical (unpaired) electrons. The van der Waals surface area contributed by atoms with Crippen LogP contribution in [0.4, 0.5) is 17.1 Å². The molecule has 2 heteroatoms. The number of hydrogen-bond acceptors (Lipinski definition) is 2. The summed E-state index contributed by atoms with van der Waals surface area (Å²) >= 11 is 0. The summed E-state index contributed by atoms with van der Waals surface area (Å²) in [5, 5.41) is 0. The van der Waals surface area contributed by atoms with E-state index in [4.69, 9.17) is 4.98 Å². The molecule has 4 aliphatic rings. The van der Waals surface area contributed by atoms with Gasteiger partial charge in [0.25, 0.3) is 0 Å². The van der Waals surface area contributed by atoms with Crippen molar-refractivity contribution in [3.8, 4) is 22.3 Å². The fourth-order valence-electron chi connectivity index (χ4n) is 7.22. The lowest BCUT2D eigenvalue weighted by atomic mass is 9.81. The van der Waals surface area contributed by atoms with Gasteiger partial charge in [0.15, 0.2) is 0 Å². The van der Waals surface area contributed by atoms with Gasteiger partial charge in [0.05, 0.1) is 22.8 Å². The Labute approximate surface area is 204 Å². The quantitative estimate of drug-likeness (QED) is 0.240. The van der Waals surface area contributed by atoms with Crippen LogP contribution in [0.3, 0.4) is 0 Å². The molecule has 0 atom stereocenters. The Balaban J connectivity index is 1.37. The molecule has 2 nitrogen and oxygen atoms in total. The predicted octanol–water partition coefficient (Wildman–Crippen LogP) is 7.50. The van der Waals surface area contributed by atoms with E-state index in [2.05, 4.69) is 83.8 Å². The van der Waals surface area contributed by atoms with Gasteiger partial charge in [0.1, 0.15) is 0 Å². The minimum Gasteiger partial charge on any atom is -0.308 e. The third-order valence-corrected chi connectivity index (χ3v) is 8.55. The van der Waals surface area contributed by atoms with Crippen LogP contribution in [-0.2, 0) is 25.7 Å². The molecule has 0 fully saturated rings. The standard InChI is InChI=1S/C33H22N2/c1-3-8-24-19(6-1)14-21-11-12-29-26(31(21)24)17-23-16-22-15-20-7-2-4-9-25(20)32(22)27-18-28-30(10-5-13-34-28)35(29)33(23)27/h1-13,16H,14-15,17-18H2. The van der Waals surface area contributed by atoms with Crippen molar-refractivity contribution < 1.29 is 0 Å². The second kappa shape index (κ2) is 6.28. The monoisotopic (exact) mass is 446 g/mol. The van der Waals surface area contributed by atoms with E-state index in [0.717, 1.165) is 25.7 Å². The van der Waals surface area contributed by atoms with E-state index < -0.39 is 0 Å². The van der Waals surface area contributed by atoms with Crippen LogP contribution in [0.1, 0.15) is 44.6 Å². The summed E-state index contributed by atoms with van der Waals surface area (Å²) in [6.45, 7) is 0. The fourth-order valence-corrected chi connectivity index (χ4v) is 7.22. The summed E-state index contributed by atoms with van der Waals surface area (Å²) in [6, 6.07) is 29.5. The Hall–Kier alpha value is -4.17. The molecule has 0 amide bonds. The fraction of sp³-hybridized carbons (Fsp3) is 0.121. The lowest BCUT2D eigenvalue weighted by Crippen LogP contribution is -2.26. The van der Waals surface area contributed by atoms with Gasteiger partial charge < -0.3 is 4.90 Å². The van der Waals surface area contributed by atoms with Crippen LogP contribution in [0, 0.1) is 0 Å². The first-order chi connectivity index (χ1) is 17.3. The highest BCUT2D eigenvalue weighted by Gasteiger charge is 2.38. The van der Waals surface area contributed by atoms with Gasteiger partial charge in [-0.3, -0.25) is 4.98 Å². The zero-order chi connectivity index (χ0) is 22.7.